The smallest absolute Gasteiger partial charge is 0.119 e. The maximum absolute atomic E-state index is 5.62. The molecule has 0 atom stereocenters. The predicted octanol–water partition coefficient (Wildman–Crippen LogP) is 6.10. The second-order valence-electron chi connectivity index (χ2n) is 5.13. The van der Waals surface area contributed by atoms with E-state index < -0.39 is 0 Å². The van der Waals surface area contributed by atoms with Crippen LogP contribution in [0.25, 0.3) is 10.4 Å². The normalized spacial score (nSPS) is 11.1. The number of allylic oxidation sites excluding steroid dienone is 1. The molecule has 0 aliphatic rings. The van der Waals surface area contributed by atoms with Crippen molar-refractivity contribution in [2.45, 2.75) is 39.5 Å². The minimum atomic E-state index is 0.635. The molecular formula is C19H24OS. The highest BCUT2D eigenvalue weighted by Gasteiger charge is 2.03. The summed E-state index contributed by atoms with van der Waals surface area (Å²) >= 11 is 1.91. The number of ether oxygens (including phenoxy) is 1. The Morgan fingerprint density at radius 3 is 2.57 bits per heavy atom. The number of aryl methyl sites for hydroxylation is 1. The number of rotatable bonds is 8. The van der Waals surface area contributed by atoms with Crippen LogP contribution in [-0.2, 0) is 6.42 Å². The quantitative estimate of drug-likeness (QED) is 0.422. The fourth-order valence-corrected chi connectivity index (χ4v) is 3.23. The Kier molecular flexibility index (Phi) is 6.55. The van der Waals surface area contributed by atoms with Crippen molar-refractivity contribution in [3.05, 3.63) is 53.4 Å². The van der Waals surface area contributed by atoms with E-state index in [-0.39, 0.29) is 0 Å². The average Bonchev–Trinajstić information content (AvgIpc) is 2.97. The molecule has 2 heteroatoms. The van der Waals surface area contributed by atoms with Crippen LogP contribution in [0.4, 0.5) is 0 Å². The third-order valence-corrected chi connectivity index (χ3v) is 4.60. The van der Waals surface area contributed by atoms with Crippen LogP contribution in [0.5, 0.6) is 5.75 Å². The molecule has 0 bridgehead atoms. The van der Waals surface area contributed by atoms with E-state index in [0.29, 0.717) is 6.61 Å². The van der Waals surface area contributed by atoms with E-state index in [0.717, 1.165) is 5.75 Å². The summed E-state index contributed by atoms with van der Waals surface area (Å²) < 4.78 is 5.62. The molecule has 0 saturated heterocycles. The molecule has 1 nitrogen and oxygen atoms in total. The van der Waals surface area contributed by atoms with Crippen molar-refractivity contribution < 1.29 is 4.74 Å². The van der Waals surface area contributed by atoms with Gasteiger partial charge in [-0.05, 0) is 61.7 Å². The van der Waals surface area contributed by atoms with Crippen molar-refractivity contribution in [1.29, 1.82) is 0 Å². The first-order valence-electron chi connectivity index (χ1n) is 7.76. The van der Waals surface area contributed by atoms with Crippen molar-refractivity contribution in [2.24, 2.45) is 0 Å². The highest BCUT2D eigenvalue weighted by Crippen LogP contribution is 2.30. The van der Waals surface area contributed by atoms with E-state index in [1.54, 1.807) is 0 Å². The monoisotopic (exact) mass is 300 g/mol. The molecular weight excluding hydrogens is 276 g/mol. The summed E-state index contributed by atoms with van der Waals surface area (Å²) in [4.78, 5) is 2.84. The third-order valence-electron chi connectivity index (χ3n) is 3.41. The zero-order chi connectivity index (χ0) is 14.9. The van der Waals surface area contributed by atoms with Gasteiger partial charge in [0, 0.05) is 9.75 Å². The molecule has 0 amide bonds. The van der Waals surface area contributed by atoms with Crippen LogP contribution in [-0.4, -0.2) is 6.61 Å². The topological polar surface area (TPSA) is 9.23 Å². The summed E-state index contributed by atoms with van der Waals surface area (Å²) in [5.74, 6) is 0.927. The average molecular weight is 300 g/mol. The molecule has 1 heterocycles. The Balaban J connectivity index is 1.95. The fourth-order valence-electron chi connectivity index (χ4n) is 2.17. The van der Waals surface area contributed by atoms with Crippen LogP contribution < -0.4 is 4.74 Å². The molecule has 2 aromatic rings. The zero-order valence-corrected chi connectivity index (χ0v) is 13.8. The highest BCUT2D eigenvalue weighted by molar-refractivity contribution is 7.15. The minimum Gasteiger partial charge on any atom is -0.490 e. The van der Waals surface area contributed by atoms with Gasteiger partial charge in [-0.2, -0.15) is 0 Å². The van der Waals surface area contributed by atoms with Gasteiger partial charge in [-0.1, -0.05) is 31.9 Å². The predicted molar refractivity (Wildman–Crippen MR) is 93.3 cm³/mol. The van der Waals surface area contributed by atoms with E-state index in [1.165, 1.54) is 41.0 Å². The van der Waals surface area contributed by atoms with Crippen LogP contribution in [0, 0.1) is 0 Å². The number of thiophene rings is 1. The SMILES string of the molecule is CC=CCOc1ccc(-c2ccc(CCCCC)s2)cc1. The van der Waals surface area contributed by atoms with Gasteiger partial charge in [-0.3, -0.25) is 0 Å². The molecule has 0 aliphatic heterocycles. The lowest BCUT2D eigenvalue weighted by Crippen LogP contribution is -1.92. The molecule has 1 aromatic carbocycles. The number of hydrogen-bond acceptors (Lipinski definition) is 2. The summed E-state index contributed by atoms with van der Waals surface area (Å²) in [6, 6.07) is 12.9. The van der Waals surface area contributed by atoms with Gasteiger partial charge in [0.25, 0.3) is 0 Å². The molecule has 0 aliphatic carbocycles. The van der Waals surface area contributed by atoms with Crippen LogP contribution in [0.1, 0.15) is 38.0 Å². The molecule has 0 fully saturated rings. The molecule has 112 valence electrons. The highest BCUT2D eigenvalue weighted by atomic mass is 32.1. The largest absolute Gasteiger partial charge is 0.490 e. The second-order valence-corrected chi connectivity index (χ2v) is 6.30. The maximum Gasteiger partial charge on any atom is 0.119 e. The first-order valence-corrected chi connectivity index (χ1v) is 8.58. The lowest BCUT2D eigenvalue weighted by atomic mass is 10.1. The Hall–Kier alpha value is -1.54. The van der Waals surface area contributed by atoms with Crippen molar-refractivity contribution in [3.63, 3.8) is 0 Å². The summed E-state index contributed by atoms with van der Waals surface area (Å²) in [5.41, 5.74) is 1.28. The Morgan fingerprint density at radius 1 is 1.05 bits per heavy atom. The molecule has 0 saturated carbocycles. The van der Waals surface area contributed by atoms with Crippen molar-refractivity contribution in [1.82, 2.24) is 0 Å². The lowest BCUT2D eigenvalue weighted by molar-refractivity contribution is 0.363. The van der Waals surface area contributed by atoms with E-state index in [1.807, 2.05) is 30.4 Å². The van der Waals surface area contributed by atoms with Crippen LogP contribution >= 0.6 is 11.3 Å². The Morgan fingerprint density at radius 2 is 1.86 bits per heavy atom. The number of hydrogen-bond donors (Lipinski definition) is 0. The van der Waals surface area contributed by atoms with Crippen LogP contribution in [0.2, 0.25) is 0 Å². The number of benzene rings is 1. The summed E-state index contributed by atoms with van der Waals surface area (Å²) in [7, 11) is 0. The van der Waals surface area contributed by atoms with Gasteiger partial charge in [-0.15, -0.1) is 11.3 Å². The Bertz CT molecular complexity index is 551. The lowest BCUT2D eigenvalue weighted by Gasteiger charge is -2.04. The van der Waals surface area contributed by atoms with E-state index in [4.69, 9.17) is 4.74 Å². The van der Waals surface area contributed by atoms with Gasteiger partial charge in [0.1, 0.15) is 12.4 Å². The summed E-state index contributed by atoms with van der Waals surface area (Å²) in [6.45, 7) is 4.89. The van der Waals surface area contributed by atoms with Gasteiger partial charge in [0.05, 0.1) is 0 Å². The van der Waals surface area contributed by atoms with Gasteiger partial charge in [-0.25, -0.2) is 0 Å². The first kappa shape index (κ1) is 15.8. The third kappa shape index (κ3) is 5.05. The van der Waals surface area contributed by atoms with Crippen molar-refractivity contribution >= 4 is 11.3 Å². The second kappa shape index (κ2) is 8.68. The summed E-state index contributed by atoms with van der Waals surface area (Å²) in [5, 5.41) is 0. The Labute approximate surface area is 132 Å². The molecule has 0 N–H and O–H groups in total. The van der Waals surface area contributed by atoms with Crippen molar-refractivity contribution in [2.75, 3.05) is 6.61 Å². The molecule has 2 rings (SSSR count). The van der Waals surface area contributed by atoms with Crippen LogP contribution in [0.15, 0.2) is 48.6 Å². The first-order chi connectivity index (χ1) is 10.3. The fraction of sp³-hybridized carbons (Fsp3) is 0.368. The van der Waals surface area contributed by atoms with E-state index >= 15 is 0 Å². The van der Waals surface area contributed by atoms with E-state index in [9.17, 15) is 0 Å². The molecule has 1 aromatic heterocycles. The van der Waals surface area contributed by atoms with Gasteiger partial charge >= 0.3 is 0 Å². The summed E-state index contributed by atoms with van der Waals surface area (Å²) in [6.07, 6.45) is 9.13. The van der Waals surface area contributed by atoms with Gasteiger partial charge in [0.15, 0.2) is 0 Å². The molecule has 0 radical (unpaired) electrons. The standard InChI is InChI=1S/C19H24OS/c1-3-5-7-8-18-13-14-19(21-18)16-9-11-17(12-10-16)20-15-6-4-2/h4,6,9-14H,3,5,7-8,15H2,1-2H3. The van der Waals surface area contributed by atoms with Gasteiger partial charge < -0.3 is 4.74 Å². The zero-order valence-electron chi connectivity index (χ0n) is 13.0. The molecule has 0 unspecified atom stereocenters. The van der Waals surface area contributed by atoms with Crippen LogP contribution in [0.3, 0.4) is 0 Å². The number of unbranched alkanes of at least 4 members (excludes halogenated alkanes) is 2. The molecule has 0 spiro atoms. The molecule has 21 heavy (non-hydrogen) atoms. The maximum atomic E-state index is 5.62. The van der Waals surface area contributed by atoms with Gasteiger partial charge in [0.2, 0.25) is 0 Å². The van der Waals surface area contributed by atoms with E-state index in [2.05, 4.69) is 43.3 Å². The van der Waals surface area contributed by atoms with Crippen molar-refractivity contribution in [3.8, 4) is 16.2 Å². The minimum absolute atomic E-state index is 0.635.